The first kappa shape index (κ1) is 58.2. The number of aliphatic carboxylic acids is 1. The minimum absolute atomic E-state index is 0.183. The highest BCUT2D eigenvalue weighted by molar-refractivity contribution is 5.71. The number of hydrogen-bond donors (Lipinski definition) is 1. The summed E-state index contributed by atoms with van der Waals surface area (Å²) in [4.78, 5) is 37.2. The van der Waals surface area contributed by atoms with Crippen molar-refractivity contribution in [2.45, 2.75) is 219 Å². The van der Waals surface area contributed by atoms with Gasteiger partial charge in [0, 0.05) is 12.8 Å². The topological polar surface area (TPSA) is 108 Å². The fourth-order valence-electron chi connectivity index (χ4n) is 6.66. The van der Waals surface area contributed by atoms with Crippen LogP contribution in [0.4, 0.5) is 0 Å². The van der Waals surface area contributed by atoms with Crippen LogP contribution in [0, 0.1) is 0 Å². The number of unbranched alkanes of at least 4 members (excludes halogenated alkanes) is 22. The lowest BCUT2D eigenvalue weighted by molar-refractivity contribution is -0.870. The van der Waals surface area contributed by atoms with Crippen LogP contribution in [0.1, 0.15) is 206 Å². The Bertz CT molecular complexity index is 1140. The van der Waals surface area contributed by atoms with Crippen molar-refractivity contribution in [2.24, 2.45) is 0 Å². The Balaban J connectivity index is 4.38. The van der Waals surface area contributed by atoms with E-state index in [1.165, 1.54) is 96.3 Å². The van der Waals surface area contributed by atoms with E-state index in [0.717, 1.165) is 77.0 Å². The molecule has 354 valence electrons. The van der Waals surface area contributed by atoms with Gasteiger partial charge in [0.1, 0.15) is 13.2 Å². The van der Waals surface area contributed by atoms with E-state index in [2.05, 4.69) is 62.5 Å². The molecule has 0 heterocycles. The number of carboxylic acids is 1. The Hall–Kier alpha value is -2.75. The molecule has 1 N–H and O–H groups in total. The Morgan fingerprint density at radius 3 is 1.33 bits per heavy atom. The van der Waals surface area contributed by atoms with E-state index in [-0.39, 0.29) is 38.6 Å². The Labute approximate surface area is 374 Å². The van der Waals surface area contributed by atoms with Gasteiger partial charge in [-0.25, -0.2) is 4.79 Å². The summed E-state index contributed by atoms with van der Waals surface area (Å²) in [7, 11) is 5.95. The van der Waals surface area contributed by atoms with Gasteiger partial charge in [-0.15, -0.1) is 0 Å². The summed E-state index contributed by atoms with van der Waals surface area (Å²) in [6, 6.07) is 0. The first-order valence-corrected chi connectivity index (χ1v) is 24.8. The number of carbonyl (C=O) groups is 3. The normalized spacial score (nSPS) is 13.3. The molecule has 0 fully saturated rings. The summed E-state index contributed by atoms with van der Waals surface area (Å²) in [6.45, 7) is 4.82. The molecule has 9 nitrogen and oxygen atoms in total. The van der Waals surface area contributed by atoms with Crippen LogP contribution in [-0.4, -0.2) is 87.4 Å². The third kappa shape index (κ3) is 45.1. The molecular weight excluding hydrogens is 767 g/mol. The number of esters is 2. The van der Waals surface area contributed by atoms with Gasteiger partial charge in [-0.3, -0.25) is 9.59 Å². The second kappa shape index (κ2) is 43.9. The number of carbonyl (C=O) groups excluding carboxylic acids is 2. The number of hydrogen-bond acceptors (Lipinski definition) is 7. The number of likely N-dealkylation sites (N-methyl/N-ethyl adjacent to an activating group) is 1. The van der Waals surface area contributed by atoms with E-state index in [4.69, 9.17) is 18.9 Å². The van der Waals surface area contributed by atoms with E-state index in [1.807, 2.05) is 21.1 Å². The molecule has 61 heavy (non-hydrogen) atoms. The van der Waals surface area contributed by atoms with Gasteiger partial charge in [0.05, 0.1) is 34.4 Å². The van der Waals surface area contributed by atoms with E-state index < -0.39 is 24.3 Å². The number of rotatable bonds is 45. The molecule has 9 heteroatoms. The average molecular weight is 861 g/mol. The van der Waals surface area contributed by atoms with Gasteiger partial charge in [0.15, 0.2) is 6.10 Å². The SMILES string of the molecule is CCCCC/C=C\C/C=C\CCCCCCCC(=O)OCC(COC(OCC[N+](C)(C)C)C(=O)O)OC(=O)CCCCCCCCCCC/C=C\C/C=C\CCCCCCC. The molecule has 0 radical (unpaired) electrons. The molecule has 0 aromatic rings. The largest absolute Gasteiger partial charge is 0.477 e. The van der Waals surface area contributed by atoms with E-state index in [9.17, 15) is 19.5 Å². The first-order chi connectivity index (χ1) is 29.6. The van der Waals surface area contributed by atoms with Crippen LogP contribution in [0.25, 0.3) is 0 Å². The molecule has 0 bridgehead atoms. The van der Waals surface area contributed by atoms with Crippen molar-refractivity contribution in [3.05, 3.63) is 48.6 Å². The molecular formula is C52H94NO8+. The van der Waals surface area contributed by atoms with Gasteiger partial charge >= 0.3 is 17.9 Å². The predicted octanol–water partition coefficient (Wildman–Crippen LogP) is 13.6. The lowest BCUT2D eigenvalue weighted by atomic mass is 10.1. The van der Waals surface area contributed by atoms with Crippen LogP contribution in [0.15, 0.2) is 48.6 Å². The van der Waals surface area contributed by atoms with Crippen LogP contribution in [0.5, 0.6) is 0 Å². The zero-order valence-corrected chi connectivity index (χ0v) is 40.1. The molecule has 0 aliphatic rings. The van der Waals surface area contributed by atoms with Crippen LogP contribution in [0.2, 0.25) is 0 Å². The van der Waals surface area contributed by atoms with Gasteiger partial charge in [-0.2, -0.15) is 0 Å². The lowest BCUT2D eigenvalue weighted by Gasteiger charge is -2.25. The summed E-state index contributed by atoms with van der Waals surface area (Å²) in [5.41, 5.74) is 0. The lowest BCUT2D eigenvalue weighted by Crippen LogP contribution is -2.40. The first-order valence-electron chi connectivity index (χ1n) is 24.8. The third-order valence-electron chi connectivity index (χ3n) is 10.6. The van der Waals surface area contributed by atoms with Gasteiger partial charge < -0.3 is 28.5 Å². The molecule has 0 aliphatic carbocycles. The molecule has 0 amide bonds. The average Bonchev–Trinajstić information content (AvgIpc) is 3.22. The van der Waals surface area contributed by atoms with Crippen LogP contribution >= 0.6 is 0 Å². The standard InChI is InChI=1S/C52H93NO8/c1-6-8-10-12-14-16-18-20-22-23-24-25-26-27-29-31-33-35-37-39-41-43-50(55)61-48(47-60-52(51(56)57)58-45-44-53(3,4)5)46-59-49(54)42-40-38-36-34-32-30-28-21-19-17-15-13-11-9-7-2/h15,17-18,20-21,23-24,28,48,52H,6-14,16,19,22,25-27,29-47H2,1-5H3/p+1/b17-15-,20-18-,24-23-,28-21-. The van der Waals surface area contributed by atoms with Gasteiger partial charge in [-0.1, -0.05) is 165 Å². The van der Waals surface area contributed by atoms with Crippen molar-refractivity contribution < 1.29 is 42.9 Å². The van der Waals surface area contributed by atoms with Crippen molar-refractivity contribution in [1.29, 1.82) is 0 Å². The van der Waals surface area contributed by atoms with Gasteiger partial charge in [0.2, 0.25) is 0 Å². The summed E-state index contributed by atoms with van der Waals surface area (Å²) in [6.07, 6.45) is 48.8. The second-order valence-corrected chi connectivity index (χ2v) is 17.8. The van der Waals surface area contributed by atoms with Crippen LogP contribution < -0.4 is 0 Å². The summed E-state index contributed by atoms with van der Waals surface area (Å²) >= 11 is 0. The molecule has 0 aliphatic heterocycles. The zero-order chi connectivity index (χ0) is 44.9. The maximum atomic E-state index is 12.8. The van der Waals surface area contributed by atoms with E-state index in [0.29, 0.717) is 17.4 Å². The number of ether oxygens (including phenoxy) is 4. The Kier molecular flexibility index (Phi) is 41.9. The summed E-state index contributed by atoms with van der Waals surface area (Å²) < 4.78 is 22.8. The summed E-state index contributed by atoms with van der Waals surface area (Å²) in [5.74, 6) is -2.03. The molecule has 0 aromatic heterocycles. The van der Waals surface area contributed by atoms with E-state index >= 15 is 0 Å². The monoisotopic (exact) mass is 861 g/mol. The van der Waals surface area contributed by atoms with E-state index in [1.54, 1.807) is 0 Å². The molecule has 2 atom stereocenters. The van der Waals surface area contributed by atoms with Crippen molar-refractivity contribution >= 4 is 17.9 Å². The molecule has 0 rings (SSSR count). The Morgan fingerprint density at radius 2 is 0.885 bits per heavy atom. The van der Waals surface area contributed by atoms with Gasteiger partial charge in [-0.05, 0) is 77.0 Å². The zero-order valence-electron chi connectivity index (χ0n) is 40.1. The third-order valence-corrected chi connectivity index (χ3v) is 10.6. The predicted molar refractivity (Wildman–Crippen MR) is 253 cm³/mol. The maximum Gasteiger partial charge on any atom is 0.361 e. The van der Waals surface area contributed by atoms with Crippen LogP contribution in [0.3, 0.4) is 0 Å². The fraction of sp³-hybridized carbons (Fsp3) is 0.788. The highest BCUT2D eigenvalue weighted by Crippen LogP contribution is 2.14. The van der Waals surface area contributed by atoms with Crippen molar-refractivity contribution in [3.8, 4) is 0 Å². The van der Waals surface area contributed by atoms with Gasteiger partial charge in [0.25, 0.3) is 6.29 Å². The number of carboxylic acid groups (broad SMARTS) is 1. The Morgan fingerprint density at radius 1 is 0.492 bits per heavy atom. The molecule has 2 unspecified atom stereocenters. The second-order valence-electron chi connectivity index (χ2n) is 17.8. The number of allylic oxidation sites excluding steroid dienone is 8. The maximum absolute atomic E-state index is 12.8. The fourth-order valence-corrected chi connectivity index (χ4v) is 6.66. The molecule has 0 saturated carbocycles. The highest BCUT2D eigenvalue weighted by atomic mass is 16.7. The minimum atomic E-state index is -1.51. The van der Waals surface area contributed by atoms with Crippen molar-refractivity contribution in [2.75, 3.05) is 47.5 Å². The van der Waals surface area contributed by atoms with Crippen LogP contribution in [-0.2, 0) is 33.3 Å². The smallest absolute Gasteiger partial charge is 0.361 e. The molecule has 0 spiro atoms. The molecule has 0 saturated heterocycles. The van der Waals surface area contributed by atoms with Crippen molar-refractivity contribution in [1.82, 2.24) is 0 Å². The van der Waals surface area contributed by atoms with Crippen molar-refractivity contribution in [3.63, 3.8) is 0 Å². The number of nitrogens with zero attached hydrogens (tertiary/aromatic N) is 1. The molecule has 0 aromatic carbocycles. The quantitative estimate of drug-likeness (QED) is 0.0212. The highest BCUT2D eigenvalue weighted by Gasteiger charge is 2.25. The number of quaternary nitrogens is 1. The summed E-state index contributed by atoms with van der Waals surface area (Å²) in [5, 5.41) is 9.66. The minimum Gasteiger partial charge on any atom is -0.477 e.